The van der Waals surface area contributed by atoms with Crippen molar-refractivity contribution in [3.8, 4) is 17.1 Å². The van der Waals surface area contributed by atoms with Crippen LogP contribution in [0.1, 0.15) is 0 Å². The van der Waals surface area contributed by atoms with E-state index in [1.165, 1.54) is 0 Å². The van der Waals surface area contributed by atoms with Crippen molar-refractivity contribution >= 4 is 16.7 Å². The van der Waals surface area contributed by atoms with Crippen molar-refractivity contribution in [1.29, 1.82) is 0 Å². The molecule has 0 atom stereocenters. The fourth-order valence-electron chi connectivity index (χ4n) is 1.88. The predicted octanol–water partition coefficient (Wildman–Crippen LogP) is 2.80. The first-order chi connectivity index (χ1) is 9.06. The normalized spacial score (nSPS) is 11.1. The molecule has 0 radical (unpaired) electrons. The summed E-state index contributed by atoms with van der Waals surface area (Å²) in [5, 5.41) is 9.85. The van der Waals surface area contributed by atoms with Gasteiger partial charge >= 0.3 is 0 Å². The molecule has 0 aliphatic carbocycles. The predicted molar refractivity (Wildman–Crippen MR) is 67.5 cm³/mol. The number of anilines is 1. The number of phenolic OH excluding ortho intramolecular Hbond substituents is 1. The second-order valence-electron chi connectivity index (χ2n) is 4.11. The SMILES string of the molecule is Nc1cccc(-c2nc3cc(F)c(F)cc3[nH]2)c1O. The van der Waals surface area contributed by atoms with E-state index in [0.717, 1.165) is 12.1 Å². The Morgan fingerprint density at radius 3 is 2.68 bits per heavy atom. The van der Waals surface area contributed by atoms with Gasteiger partial charge in [-0.25, -0.2) is 13.8 Å². The molecule has 0 amide bonds. The Bertz CT molecular complexity index is 744. The molecule has 0 aliphatic rings. The van der Waals surface area contributed by atoms with E-state index in [0.29, 0.717) is 16.9 Å². The number of nitrogens with zero attached hydrogens (tertiary/aromatic N) is 1. The standard InChI is InChI=1S/C13H9F2N3O/c14-7-4-10-11(5-8(7)15)18-13(17-10)6-2-1-3-9(16)12(6)19/h1-5,19H,16H2,(H,17,18). The fraction of sp³-hybridized carbons (Fsp3) is 0. The van der Waals surface area contributed by atoms with Crippen molar-refractivity contribution in [2.24, 2.45) is 0 Å². The van der Waals surface area contributed by atoms with Gasteiger partial charge in [-0.15, -0.1) is 0 Å². The zero-order valence-electron chi connectivity index (χ0n) is 9.61. The number of halogens is 2. The lowest BCUT2D eigenvalue weighted by molar-refractivity contribution is 0.479. The summed E-state index contributed by atoms with van der Waals surface area (Å²) in [5.41, 5.74) is 6.78. The second kappa shape index (κ2) is 3.94. The molecule has 0 unspecified atom stereocenters. The number of aromatic nitrogens is 2. The third kappa shape index (κ3) is 1.77. The average Bonchev–Trinajstić information content (AvgIpc) is 2.76. The Labute approximate surface area is 106 Å². The number of hydrogen-bond donors (Lipinski definition) is 3. The number of para-hydroxylation sites is 1. The lowest BCUT2D eigenvalue weighted by Gasteiger charge is -2.03. The maximum Gasteiger partial charge on any atom is 0.161 e. The van der Waals surface area contributed by atoms with Gasteiger partial charge in [-0.3, -0.25) is 0 Å². The summed E-state index contributed by atoms with van der Waals surface area (Å²) in [4.78, 5) is 6.92. The van der Waals surface area contributed by atoms with Crippen LogP contribution in [-0.2, 0) is 0 Å². The van der Waals surface area contributed by atoms with Crippen molar-refractivity contribution in [2.45, 2.75) is 0 Å². The number of fused-ring (bicyclic) bond motifs is 1. The van der Waals surface area contributed by atoms with Gasteiger partial charge in [0.05, 0.1) is 22.3 Å². The van der Waals surface area contributed by atoms with Crippen LogP contribution in [0.25, 0.3) is 22.4 Å². The summed E-state index contributed by atoms with van der Waals surface area (Å²) in [5.74, 6) is -1.76. The molecule has 0 saturated heterocycles. The van der Waals surface area contributed by atoms with Crippen LogP contribution in [0.4, 0.5) is 14.5 Å². The summed E-state index contributed by atoms with van der Waals surface area (Å²) in [7, 11) is 0. The van der Waals surface area contributed by atoms with Gasteiger partial charge in [-0.2, -0.15) is 0 Å². The molecule has 0 aliphatic heterocycles. The summed E-state index contributed by atoms with van der Waals surface area (Å²) >= 11 is 0. The van der Waals surface area contributed by atoms with Crippen LogP contribution >= 0.6 is 0 Å². The van der Waals surface area contributed by atoms with Gasteiger partial charge in [0.15, 0.2) is 11.6 Å². The first-order valence-corrected chi connectivity index (χ1v) is 5.49. The van der Waals surface area contributed by atoms with Gasteiger partial charge < -0.3 is 15.8 Å². The van der Waals surface area contributed by atoms with Crippen LogP contribution in [0.2, 0.25) is 0 Å². The Morgan fingerprint density at radius 2 is 1.89 bits per heavy atom. The number of benzene rings is 2. The van der Waals surface area contributed by atoms with Crippen LogP contribution < -0.4 is 5.73 Å². The summed E-state index contributed by atoms with van der Waals surface area (Å²) in [6.07, 6.45) is 0. The molecule has 1 aromatic heterocycles. The Kier molecular flexibility index (Phi) is 2.38. The molecule has 3 rings (SSSR count). The van der Waals surface area contributed by atoms with Gasteiger partial charge in [0, 0.05) is 12.1 Å². The Morgan fingerprint density at radius 1 is 1.16 bits per heavy atom. The molecule has 96 valence electrons. The van der Waals surface area contributed by atoms with E-state index < -0.39 is 11.6 Å². The molecule has 2 aromatic carbocycles. The number of aromatic amines is 1. The lowest BCUT2D eigenvalue weighted by Crippen LogP contribution is -1.88. The number of nitrogens with two attached hydrogens (primary N) is 1. The average molecular weight is 261 g/mol. The number of aromatic hydroxyl groups is 1. The van der Waals surface area contributed by atoms with Crippen LogP contribution in [-0.4, -0.2) is 15.1 Å². The zero-order chi connectivity index (χ0) is 13.6. The molecule has 6 heteroatoms. The molecule has 0 bridgehead atoms. The smallest absolute Gasteiger partial charge is 0.161 e. The fourth-order valence-corrected chi connectivity index (χ4v) is 1.88. The van der Waals surface area contributed by atoms with E-state index in [-0.39, 0.29) is 17.0 Å². The minimum atomic E-state index is -0.970. The summed E-state index contributed by atoms with van der Waals surface area (Å²) < 4.78 is 26.2. The maximum absolute atomic E-state index is 13.1. The van der Waals surface area contributed by atoms with E-state index in [1.54, 1.807) is 18.2 Å². The molecule has 0 spiro atoms. The third-order valence-electron chi connectivity index (χ3n) is 2.85. The highest BCUT2D eigenvalue weighted by molar-refractivity contribution is 5.82. The van der Waals surface area contributed by atoms with Crippen molar-refractivity contribution in [3.05, 3.63) is 42.0 Å². The molecule has 3 aromatic rings. The number of phenols is 1. The van der Waals surface area contributed by atoms with Crippen molar-refractivity contribution in [1.82, 2.24) is 9.97 Å². The quantitative estimate of drug-likeness (QED) is 0.465. The second-order valence-corrected chi connectivity index (χ2v) is 4.11. The molecule has 0 fully saturated rings. The third-order valence-corrected chi connectivity index (χ3v) is 2.85. The molecule has 4 N–H and O–H groups in total. The van der Waals surface area contributed by atoms with Gasteiger partial charge in [-0.1, -0.05) is 6.07 Å². The van der Waals surface area contributed by atoms with E-state index in [9.17, 15) is 13.9 Å². The number of H-pyrrole nitrogens is 1. The number of hydrogen-bond acceptors (Lipinski definition) is 3. The zero-order valence-corrected chi connectivity index (χ0v) is 9.61. The van der Waals surface area contributed by atoms with E-state index in [1.807, 2.05) is 0 Å². The van der Waals surface area contributed by atoms with Crippen molar-refractivity contribution < 1.29 is 13.9 Å². The minimum Gasteiger partial charge on any atom is -0.505 e. The molecular formula is C13H9F2N3O. The molecule has 0 saturated carbocycles. The monoisotopic (exact) mass is 261 g/mol. The molecule has 1 heterocycles. The van der Waals surface area contributed by atoms with Gasteiger partial charge in [0.25, 0.3) is 0 Å². The van der Waals surface area contributed by atoms with Crippen molar-refractivity contribution in [3.63, 3.8) is 0 Å². The van der Waals surface area contributed by atoms with Crippen LogP contribution in [0.3, 0.4) is 0 Å². The van der Waals surface area contributed by atoms with Gasteiger partial charge in [-0.05, 0) is 12.1 Å². The summed E-state index contributed by atoms with van der Waals surface area (Å²) in [6.45, 7) is 0. The number of nitrogens with one attached hydrogen (secondary N) is 1. The van der Waals surface area contributed by atoms with E-state index >= 15 is 0 Å². The highest BCUT2D eigenvalue weighted by Crippen LogP contribution is 2.33. The first-order valence-electron chi connectivity index (χ1n) is 5.49. The molecular weight excluding hydrogens is 252 g/mol. The lowest BCUT2D eigenvalue weighted by atomic mass is 10.1. The highest BCUT2D eigenvalue weighted by Gasteiger charge is 2.13. The Balaban J connectivity index is 2.23. The van der Waals surface area contributed by atoms with Crippen molar-refractivity contribution in [2.75, 3.05) is 5.73 Å². The van der Waals surface area contributed by atoms with Crippen LogP contribution in [0.15, 0.2) is 30.3 Å². The number of rotatable bonds is 1. The van der Waals surface area contributed by atoms with E-state index in [2.05, 4.69) is 9.97 Å². The minimum absolute atomic E-state index is 0.123. The number of nitrogen functional groups attached to an aromatic ring is 1. The molecule has 4 nitrogen and oxygen atoms in total. The first kappa shape index (κ1) is 11.5. The largest absolute Gasteiger partial charge is 0.505 e. The highest BCUT2D eigenvalue weighted by atomic mass is 19.2. The van der Waals surface area contributed by atoms with Crippen LogP contribution in [0, 0.1) is 11.6 Å². The summed E-state index contributed by atoms with van der Waals surface area (Å²) in [6, 6.07) is 6.81. The van der Waals surface area contributed by atoms with Gasteiger partial charge in [0.1, 0.15) is 11.6 Å². The van der Waals surface area contributed by atoms with Crippen LogP contribution in [0.5, 0.6) is 5.75 Å². The van der Waals surface area contributed by atoms with Gasteiger partial charge in [0.2, 0.25) is 0 Å². The number of imidazole rings is 1. The maximum atomic E-state index is 13.1. The van der Waals surface area contributed by atoms with E-state index in [4.69, 9.17) is 5.73 Å². The Hall–Kier alpha value is -2.63. The topological polar surface area (TPSA) is 74.9 Å². The molecule has 19 heavy (non-hydrogen) atoms.